The second-order valence-electron chi connectivity index (χ2n) is 8.79. The van der Waals surface area contributed by atoms with Gasteiger partial charge in [-0.1, -0.05) is 48.5 Å². The van der Waals surface area contributed by atoms with E-state index in [0.29, 0.717) is 31.1 Å². The zero-order valence-electron chi connectivity index (χ0n) is 19.7. The molecule has 4 aromatic rings. The van der Waals surface area contributed by atoms with Crippen molar-refractivity contribution in [3.63, 3.8) is 0 Å². The molecule has 2 heterocycles. The summed E-state index contributed by atoms with van der Waals surface area (Å²) in [5.74, 6) is 1.46. The highest BCUT2D eigenvalue weighted by molar-refractivity contribution is 6.11. The third kappa shape index (κ3) is 4.40. The van der Waals surface area contributed by atoms with Gasteiger partial charge in [-0.25, -0.2) is 5.43 Å². The molecule has 8 nitrogen and oxygen atoms in total. The number of nitrogens with zero attached hydrogens (tertiary/aromatic N) is 5. The van der Waals surface area contributed by atoms with Gasteiger partial charge in [-0.05, 0) is 53.8 Å². The summed E-state index contributed by atoms with van der Waals surface area (Å²) in [5.41, 5.74) is 8.83. The highest BCUT2D eigenvalue weighted by Crippen LogP contribution is 2.33. The van der Waals surface area contributed by atoms with Gasteiger partial charge in [-0.2, -0.15) is 20.1 Å². The summed E-state index contributed by atoms with van der Waals surface area (Å²) in [6, 6.07) is 20.8. The quantitative estimate of drug-likeness (QED) is 0.319. The number of hydrogen-bond acceptors (Lipinski definition) is 8. The first-order valence-corrected chi connectivity index (χ1v) is 12.0. The zero-order chi connectivity index (χ0) is 23.6. The molecule has 0 saturated carbocycles. The number of anilines is 4. The third-order valence-electron chi connectivity index (χ3n) is 6.54. The normalized spacial score (nSPS) is 15.5. The number of para-hydroxylation sites is 1. The van der Waals surface area contributed by atoms with Crippen molar-refractivity contribution in [1.82, 2.24) is 15.0 Å². The molecule has 1 saturated heterocycles. The maximum atomic E-state index is 5.50. The molecule has 0 radical (unpaired) electrons. The summed E-state index contributed by atoms with van der Waals surface area (Å²) in [5, 5.41) is 10.6. The van der Waals surface area contributed by atoms with Crippen LogP contribution in [0.1, 0.15) is 23.6 Å². The molecule has 35 heavy (non-hydrogen) atoms. The van der Waals surface area contributed by atoms with Crippen molar-refractivity contribution < 1.29 is 4.74 Å². The summed E-state index contributed by atoms with van der Waals surface area (Å²) < 4.78 is 5.50. The average Bonchev–Trinajstić information content (AvgIpc) is 3.33. The molecule has 1 aliphatic carbocycles. The van der Waals surface area contributed by atoms with E-state index in [2.05, 4.69) is 66.0 Å². The number of benzene rings is 3. The van der Waals surface area contributed by atoms with Crippen LogP contribution in [0.5, 0.6) is 0 Å². The van der Waals surface area contributed by atoms with Gasteiger partial charge in [0, 0.05) is 24.3 Å². The second kappa shape index (κ2) is 9.31. The van der Waals surface area contributed by atoms with E-state index in [1.165, 1.54) is 21.9 Å². The molecule has 2 N–H and O–H groups in total. The van der Waals surface area contributed by atoms with Crippen LogP contribution in [-0.4, -0.2) is 47.0 Å². The minimum absolute atomic E-state index is 0.394. The Hall–Kier alpha value is -4.04. The van der Waals surface area contributed by atoms with Crippen molar-refractivity contribution in [2.45, 2.75) is 19.8 Å². The lowest BCUT2D eigenvalue weighted by Gasteiger charge is -2.27. The SMILES string of the molecule is C/C(=N\Nc1nc(Nc2ccccc2)nc(N2CCOCC2)n1)c1ccc2c3c(cccc13)CC2. The molecule has 8 heteroatoms. The summed E-state index contributed by atoms with van der Waals surface area (Å²) in [7, 11) is 0. The third-order valence-corrected chi connectivity index (χ3v) is 6.54. The molecule has 0 spiro atoms. The molecule has 0 unspecified atom stereocenters. The number of morpholine rings is 1. The van der Waals surface area contributed by atoms with Crippen LogP contribution in [0.3, 0.4) is 0 Å². The summed E-state index contributed by atoms with van der Waals surface area (Å²) in [4.78, 5) is 16.0. The first-order chi connectivity index (χ1) is 17.2. The Morgan fingerprint density at radius 2 is 1.63 bits per heavy atom. The maximum Gasteiger partial charge on any atom is 0.250 e. The highest BCUT2D eigenvalue weighted by atomic mass is 16.5. The fraction of sp³-hybridized carbons (Fsp3) is 0.259. The number of aryl methyl sites for hydroxylation is 2. The van der Waals surface area contributed by atoms with E-state index in [0.717, 1.165) is 42.9 Å². The minimum atomic E-state index is 0.394. The van der Waals surface area contributed by atoms with Crippen LogP contribution in [0.4, 0.5) is 23.5 Å². The largest absolute Gasteiger partial charge is 0.378 e. The van der Waals surface area contributed by atoms with E-state index < -0.39 is 0 Å². The molecule has 6 rings (SSSR count). The van der Waals surface area contributed by atoms with Crippen LogP contribution in [0.2, 0.25) is 0 Å². The van der Waals surface area contributed by atoms with Crippen molar-refractivity contribution in [3.8, 4) is 0 Å². The van der Waals surface area contributed by atoms with E-state index >= 15 is 0 Å². The molecule has 0 atom stereocenters. The Kier molecular flexibility index (Phi) is 5.71. The van der Waals surface area contributed by atoms with E-state index in [-0.39, 0.29) is 0 Å². The Morgan fingerprint density at radius 3 is 2.46 bits per heavy atom. The molecule has 1 aromatic heterocycles. The van der Waals surface area contributed by atoms with E-state index in [4.69, 9.17) is 4.74 Å². The topological polar surface area (TPSA) is 87.6 Å². The van der Waals surface area contributed by atoms with Crippen molar-refractivity contribution in [3.05, 3.63) is 77.4 Å². The van der Waals surface area contributed by atoms with Crippen LogP contribution >= 0.6 is 0 Å². The van der Waals surface area contributed by atoms with Gasteiger partial charge >= 0.3 is 0 Å². The number of rotatable bonds is 6. The lowest BCUT2D eigenvalue weighted by molar-refractivity contribution is 0.122. The Bertz CT molecular complexity index is 1390. The van der Waals surface area contributed by atoms with Crippen LogP contribution in [0.25, 0.3) is 10.8 Å². The smallest absolute Gasteiger partial charge is 0.250 e. The molecule has 1 fully saturated rings. The maximum absolute atomic E-state index is 5.50. The van der Waals surface area contributed by atoms with Crippen LogP contribution in [0, 0.1) is 0 Å². The van der Waals surface area contributed by atoms with Gasteiger partial charge in [0.1, 0.15) is 0 Å². The van der Waals surface area contributed by atoms with Gasteiger partial charge in [-0.15, -0.1) is 0 Å². The Labute approximate surface area is 204 Å². The molecule has 176 valence electrons. The predicted molar refractivity (Wildman–Crippen MR) is 140 cm³/mol. The highest BCUT2D eigenvalue weighted by Gasteiger charge is 2.18. The minimum Gasteiger partial charge on any atom is -0.378 e. The lowest BCUT2D eigenvalue weighted by Crippen LogP contribution is -2.37. The van der Waals surface area contributed by atoms with E-state index in [9.17, 15) is 0 Å². The first kappa shape index (κ1) is 21.5. The summed E-state index contributed by atoms with van der Waals surface area (Å²) in [6.07, 6.45) is 2.22. The fourth-order valence-corrected chi connectivity index (χ4v) is 4.78. The zero-order valence-corrected chi connectivity index (χ0v) is 19.7. The van der Waals surface area contributed by atoms with Gasteiger partial charge in [0.25, 0.3) is 0 Å². The van der Waals surface area contributed by atoms with E-state index in [1.807, 2.05) is 37.3 Å². The molecule has 2 aliphatic rings. The Morgan fingerprint density at radius 1 is 0.857 bits per heavy atom. The molecule has 0 amide bonds. The standard InChI is InChI=1S/C27H27N7O/c1-18(22-13-12-20-11-10-19-6-5-9-23(22)24(19)20)32-33-26-29-25(28-21-7-3-2-4-8-21)30-27(31-26)34-14-16-35-17-15-34/h2-9,12-13H,10-11,14-17H2,1H3,(H2,28,29,30,31,33)/b32-18+. The van der Waals surface area contributed by atoms with Gasteiger partial charge in [-0.3, -0.25) is 0 Å². The van der Waals surface area contributed by atoms with Crippen LogP contribution in [-0.2, 0) is 17.6 Å². The number of nitrogens with one attached hydrogen (secondary N) is 2. The van der Waals surface area contributed by atoms with Crippen molar-refractivity contribution in [1.29, 1.82) is 0 Å². The number of ether oxygens (including phenoxy) is 1. The van der Waals surface area contributed by atoms with Crippen molar-refractivity contribution in [2.75, 3.05) is 41.9 Å². The molecular formula is C27H27N7O. The predicted octanol–water partition coefficient (Wildman–Crippen LogP) is 4.54. The van der Waals surface area contributed by atoms with Crippen LogP contribution < -0.4 is 15.6 Å². The number of aromatic nitrogens is 3. The van der Waals surface area contributed by atoms with Gasteiger partial charge in [0.15, 0.2) is 0 Å². The molecule has 3 aromatic carbocycles. The van der Waals surface area contributed by atoms with Gasteiger partial charge in [0.2, 0.25) is 17.8 Å². The summed E-state index contributed by atoms with van der Waals surface area (Å²) >= 11 is 0. The average molecular weight is 466 g/mol. The van der Waals surface area contributed by atoms with Gasteiger partial charge in [0.05, 0.1) is 18.9 Å². The molecule has 1 aliphatic heterocycles. The van der Waals surface area contributed by atoms with Crippen molar-refractivity contribution in [2.24, 2.45) is 5.10 Å². The molecule has 0 bridgehead atoms. The lowest BCUT2D eigenvalue weighted by atomic mass is 9.98. The van der Waals surface area contributed by atoms with Crippen LogP contribution in [0.15, 0.2) is 65.8 Å². The monoisotopic (exact) mass is 465 g/mol. The second-order valence-corrected chi connectivity index (χ2v) is 8.79. The van der Waals surface area contributed by atoms with Crippen molar-refractivity contribution >= 4 is 40.0 Å². The Balaban J connectivity index is 1.32. The number of hydrazone groups is 1. The fourth-order valence-electron chi connectivity index (χ4n) is 4.78. The van der Waals surface area contributed by atoms with E-state index in [1.54, 1.807) is 0 Å². The first-order valence-electron chi connectivity index (χ1n) is 12.0. The summed E-state index contributed by atoms with van der Waals surface area (Å²) in [6.45, 7) is 4.78. The van der Waals surface area contributed by atoms with Gasteiger partial charge < -0.3 is 15.0 Å². The molecular weight excluding hydrogens is 438 g/mol. The number of hydrogen-bond donors (Lipinski definition) is 2.